The second-order valence-electron chi connectivity index (χ2n) is 3.82. The number of nitrogens with one attached hydrogen (secondary N) is 1. The van der Waals surface area contributed by atoms with Gasteiger partial charge in [0.15, 0.2) is 0 Å². The van der Waals surface area contributed by atoms with Crippen LogP contribution in [0.15, 0.2) is 36.7 Å². The second-order valence-corrected chi connectivity index (χ2v) is 4.26. The molecule has 0 radical (unpaired) electrons. The van der Waals surface area contributed by atoms with Gasteiger partial charge in [-0.2, -0.15) is 5.10 Å². The van der Waals surface area contributed by atoms with Crippen LogP contribution in [0.4, 0.5) is 5.69 Å². The van der Waals surface area contributed by atoms with Crippen LogP contribution in [-0.2, 0) is 7.05 Å². The fourth-order valence-electron chi connectivity index (χ4n) is 1.58. The maximum atomic E-state index is 5.92. The van der Waals surface area contributed by atoms with Crippen molar-refractivity contribution < 1.29 is 0 Å². The summed E-state index contributed by atoms with van der Waals surface area (Å²) in [5.41, 5.74) is 2.17. The summed E-state index contributed by atoms with van der Waals surface area (Å²) in [7, 11) is 1.91. The topological polar surface area (TPSA) is 29.9 Å². The Labute approximate surface area is 100 Å². The minimum atomic E-state index is 0.215. The van der Waals surface area contributed by atoms with E-state index in [0.717, 1.165) is 16.3 Å². The summed E-state index contributed by atoms with van der Waals surface area (Å²) in [6.45, 7) is 2.10. The third-order valence-corrected chi connectivity index (χ3v) is 2.67. The quantitative estimate of drug-likeness (QED) is 0.885. The van der Waals surface area contributed by atoms with Crippen molar-refractivity contribution in [3.8, 4) is 0 Å². The highest BCUT2D eigenvalue weighted by Crippen LogP contribution is 2.21. The minimum absolute atomic E-state index is 0.215. The van der Waals surface area contributed by atoms with E-state index in [2.05, 4.69) is 17.3 Å². The number of anilines is 1. The van der Waals surface area contributed by atoms with Gasteiger partial charge in [0.25, 0.3) is 0 Å². The Balaban J connectivity index is 2.10. The highest BCUT2D eigenvalue weighted by molar-refractivity contribution is 6.30. The molecule has 0 amide bonds. The molecule has 16 heavy (non-hydrogen) atoms. The third kappa shape index (κ3) is 2.55. The highest BCUT2D eigenvalue weighted by Gasteiger charge is 2.07. The first-order valence-electron chi connectivity index (χ1n) is 5.16. The van der Waals surface area contributed by atoms with Crippen LogP contribution in [0.5, 0.6) is 0 Å². The molecule has 2 aromatic rings. The summed E-state index contributed by atoms with van der Waals surface area (Å²) in [5.74, 6) is 0. The Kier molecular flexibility index (Phi) is 3.15. The van der Waals surface area contributed by atoms with E-state index in [1.165, 1.54) is 0 Å². The molecule has 0 bridgehead atoms. The molecular formula is C12H14ClN3. The lowest BCUT2D eigenvalue weighted by atomic mass is 10.2. The molecule has 0 aliphatic heterocycles. The zero-order chi connectivity index (χ0) is 11.5. The van der Waals surface area contributed by atoms with Crippen molar-refractivity contribution in [2.24, 2.45) is 7.05 Å². The largest absolute Gasteiger partial charge is 0.378 e. The van der Waals surface area contributed by atoms with Gasteiger partial charge in [0.05, 0.1) is 12.2 Å². The van der Waals surface area contributed by atoms with E-state index in [9.17, 15) is 0 Å². The molecule has 0 saturated heterocycles. The van der Waals surface area contributed by atoms with E-state index < -0.39 is 0 Å². The van der Waals surface area contributed by atoms with Crippen LogP contribution >= 0.6 is 11.6 Å². The molecule has 0 fully saturated rings. The molecule has 3 nitrogen and oxygen atoms in total. The van der Waals surface area contributed by atoms with Crippen molar-refractivity contribution >= 4 is 17.3 Å². The van der Waals surface area contributed by atoms with Crippen LogP contribution in [0, 0.1) is 0 Å². The molecule has 2 rings (SSSR count). The van der Waals surface area contributed by atoms with Gasteiger partial charge in [0, 0.05) is 29.5 Å². The molecule has 0 aliphatic carbocycles. The van der Waals surface area contributed by atoms with Gasteiger partial charge in [0.2, 0.25) is 0 Å². The lowest BCUT2D eigenvalue weighted by Gasteiger charge is -2.13. The fourth-order valence-corrected chi connectivity index (χ4v) is 1.77. The molecule has 4 heteroatoms. The Morgan fingerprint density at radius 2 is 2.25 bits per heavy atom. The SMILES string of the molecule is CC(Nc1cccc(Cl)c1)c1cnn(C)c1. The van der Waals surface area contributed by atoms with Crippen molar-refractivity contribution in [1.29, 1.82) is 0 Å². The van der Waals surface area contributed by atoms with Crippen molar-refractivity contribution in [3.05, 3.63) is 47.2 Å². The van der Waals surface area contributed by atoms with E-state index in [4.69, 9.17) is 11.6 Å². The van der Waals surface area contributed by atoms with Gasteiger partial charge >= 0.3 is 0 Å². The van der Waals surface area contributed by atoms with E-state index in [1.54, 1.807) is 4.68 Å². The van der Waals surface area contributed by atoms with Crippen molar-refractivity contribution in [2.75, 3.05) is 5.32 Å². The molecule has 0 saturated carbocycles. The van der Waals surface area contributed by atoms with Crippen molar-refractivity contribution in [3.63, 3.8) is 0 Å². The Hall–Kier alpha value is -1.48. The Morgan fingerprint density at radius 1 is 1.44 bits per heavy atom. The first kappa shape index (κ1) is 11.0. The van der Waals surface area contributed by atoms with Crippen molar-refractivity contribution in [2.45, 2.75) is 13.0 Å². The molecule has 84 valence electrons. The van der Waals surface area contributed by atoms with Gasteiger partial charge in [-0.25, -0.2) is 0 Å². The van der Waals surface area contributed by atoms with Gasteiger partial charge < -0.3 is 5.32 Å². The summed E-state index contributed by atoms with van der Waals surface area (Å²) < 4.78 is 1.80. The standard InChI is InChI=1S/C12H14ClN3/c1-9(10-7-14-16(2)8-10)15-12-5-3-4-11(13)6-12/h3-9,15H,1-2H3. The Bertz CT molecular complexity index is 479. The minimum Gasteiger partial charge on any atom is -0.378 e. The van der Waals surface area contributed by atoms with Gasteiger partial charge in [-0.3, -0.25) is 4.68 Å². The molecule has 0 spiro atoms. The molecule has 1 unspecified atom stereocenters. The van der Waals surface area contributed by atoms with Crippen LogP contribution in [0.1, 0.15) is 18.5 Å². The average molecular weight is 236 g/mol. The van der Waals surface area contributed by atoms with E-state index in [0.29, 0.717) is 0 Å². The predicted molar refractivity (Wildman–Crippen MR) is 66.7 cm³/mol. The lowest BCUT2D eigenvalue weighted by Crippen LogP contribution is -2.05. The van der Waals surface area contributed by atoms with Crippen LogP contribution in [-0.4, -0.2) is 9.78 Å². The molecule has 1 heterocycles. The zero-order valence-electron chi connectivity index (χ0n) is 9.31. The number of nitrogens with zero attached hydrogens (tertiary/aromatic N) is 2. The molecule has 0 aliphatic rings. The van der Waals surface area contributed by atoms with Gasteiger partial charge in [-0.15, -0.1) is 0 Å². The number of hydrogen-bond donors (Lipinski definition) is 1. The maximum absolute atomic E-state index is 5.92. The zero-order valence-corrected chi connectivity index (χ0v) is 10.1. The summed E-state index contributed by atoms with van der Waals surface area (Å²) in [6, 6.07) is 7.92. The third-order valence-electron chi connectivity index (χ3n) is 2.43. The number of benzene rings is 1. The predicted octanol–water partition coefficient (Wildman–Crippen LogP) is 3.25. The van der Waals surface area contributed by atoms with Crippen LogP contribution in [0.3, 0.4) is 0 Å². The van der Waals surface area contributed by atoms with E-state index >= 15 is 0 Å². The fraction of sp³-hybridized carbons (Fsp3) is 0.250. The maximum Gasteiger partial charge on any atom is 0.0542 e. The summed E-state index contributed by atoms with van der Waals surface area (Å²) in [4.78, 5) is 0. The van der Waals surface area contributed by atoms with E-state index in [1.807, 2.05) is 43.7 Å². The smallest absolute Gasteiger partial charge is 0.0542 e. The van der Waals surface area contributed by atoms with Gasteiger partial charge in [0.1, 0.15) is 0 Å². The normalized spacial score (nSPS) is 12.4. The molecule has 1 atom stereocenters. The lowest BCUT2D eigenvalue weighted by molar-refractivity contribution is 0.765. The van der Waals surface area contributed by atoms with E-state index in [-0.39, 0.29) is 6.04 Å². The monoisotopic (exact) mass is 235 g/mol. The van der Waals surface area contributed by atoms with Crippen LogP contribution in [0.25, 0.3) is 0 Å². The second kappa shape index (κ2) is 4.58. The molecule has 1 aromatic carbocycles. The number of aromatic nitrogens is 2. The number of aryl methyl sites for hydroxylation is 1. The van der Waals surface area contributed by atoms with Crippen LogP contribution in [0.2, 0.25) is 5.02 Å². The van der Waals surface area contributed by atoms with Gasteiger partial charge in [-0.05, 0) is 25.1 Å². The average Bonchev–Trinajstić information content (AvgIpc) is 2.65. The first-order valence-corrected chi connectivity index (χ1v) is 5.53. The van der Waals surface area contributed by atoms with Crippen LogP contribution < -0.4 is 5.32 Å². The van der Waals surface area contributed by atoms with Gasteiger partial charge in [-0.1, -0.05) is 17.7 Å². The van der Waals surface area contributed by atoms with Crippen molar-refractivity contribution in [1.82, 2.24) is 9.78 Å². The molecule has 1 aromatic heterocycles. The molecule has 1 N–H and O–H groups in total. The summed E-state index contributed by atoms with van der Waals surface area (Å²) >= 11 is 5.92. The highest BCUT2D eigenvalue weighted by atomic mass is 35.5. The number of hydrogen-bond acceptors (Lipinski definition) is 2. The summed E-state index contributed by atoms with van der Waals surface area (Å²) in [6.07, 6.45) is 3.87. The number of rotatable bonds is 3. The molecular weight excluding hydrogens is 222 g/mol. The summed E-state index contributed by atoms with van der Waals surface area (Å²) in [5, 5.41) is 8.26. The first-order chi connectivity index (χ1) is 7.65. The number of halogens is 1. The Morgan fingerprint density at radius 3 is 2.88 bits per heavy atom.